The average Bonchev–Trinajstić information content (AvgIpc) is 3.33. The number of hydrogen-bond acceptors (Lipinski definition) is 7. The summed E-state index contributed by atoms with van der Waals surface area (Å²) in [6.07, 6.45) is 1.69. The number of amides is 2. The van der Waals surface area contributed by atoms with Crippen LogP contribution in [0.4, 0.5) is 9.80 Å². The van der Waals surface area contributed by atoms with Gasteiger partial charge in [0.15, 0.2) is 0 Å². The molecule has 3 heterocycles. The predicted molar refractivity (Wildman–Crippen MR) is 101 cm³/mol. The number of nitrogens with zero attached hydrogens (tertiary/aromatic N) is 1. The van der Waals surface area contributed by atoms with Gasteiger partial charge in [0, 0.05) is 36.2 Å². The number of ether oxygens (including phenoxy) is 1. The molecule has 2 amide bonds. The molecule has 0 unspecified atom stereocenters. The van der Waals surface area contributed by atoms with Crippen LogP contribution >= 0.6 is 23.1 Å². The van der Waals surface area contributed by atoms with E-state index in [4.69, 9.17) is 9.15 Å². The quantitative estimate of drug-likeness (QED) is 0.721. The molecule has 0 aliphatic carbocycles. The van der Waals surface area contributed by atoms with Crippen molar-refractivity contribution in [3.05, 3.63) is 29.3 Å². The summed E-state index contributed by atoms with van der Waals surface area (Å²) in [5.41, 5.74) is 0.868. The van der Waals surface area contributed by atoms with Crippen molar-refractivity contribution in [1.82, 2.24) is 4.90 Å². The average molecular weight is 394 g/mol. The van der Waals surface area contributed by atoms with Gasteiger partial charge in [-0.2, -0.15) is 0 Å². The highest BCUT2D eigenvalue weighted by Crippen LogP contribution is 2.36. The smallest absolute Gasteiger partial charge is 0.341 e. The molecule has 0 bridgehead atoms. The third-order valence-corrected chi connectivity index (χ3v) is 5.55. The second-order valence-corrected chi connectivity index (χ2v) is 7.38. The van der Waals surface area contributed by atoms with Crippen LogP contribution in [-0.4, -0.2) is 47.5 Å². The zero-order valence-corrected chi connectivity index (χ0v) is 15.8. The third kappa shape index (κ3) is 4.10. The van der Waals surface area contributed by atoms with Crippen LogP contribution in [-0.2, 0) is 9.53 Å². The molecule has 0 spiro atoms. The van der Waals surface area contributed by atoms with Crippen molar-refractivity contribution in [2.24, 2.45) is 0 Å². The SMILES string of the molecule is CCOC(=O)c1c(-c2ccco2)csc1NC(=O)CCN1CCSC1=O. The summed E-state index contributed by atoms with van der Waals surface area (Å²) < 4.78 is 10.5. The second-order valence-electron chi connectivity index (χ2n) is 5.45. The number of thiophene rings is 1. The van der Waals surface area contributed by atoms with Crippen molar-refractivity contribution in [3.63, 3.8) is 0 Å². The summed E-state index contributed by atoms with van der Waals surface area (Å²) in [7, 11) is 0. The Morgan fingerprint density at radius 2 is 2.27 bits per heavy atom. The van der Waals surface area contributed by atoms with Crippen LogP contribution in [0.25, 0.3) is 11.3 Å². The number of thioether (sulfide) groups is 1. The molecule has 1 aliphatic heterocycles. The molecule has 0 saturated carbocycles. The number of esters is 1. The zero-order chi connectivity index (χ0) is 18.5. The predicted octanol–water partition coefficient (Wildman–Crippen LogP) is 3.68. The molecule has 138 valence electrons. The number of nitrogens with one attached hydrogen (secondary N) is 1. The fourth-order valence-corrected chi connectivity index (χ4v) is 4.33. The van der Waals surface area contributed by atoms with Gasteiger partial charge in [0.25, 0.3) is 5.24 Å². The molecule has 1 N–H and O–H groups in total. The highest BCUT2D eigenvalue weighted by Gasteiger charge is 2.25. The Morgan fingerprint density at radius 1 is 1.42 bits per heavy atom. The fraction of sp³-hybridized carbons (Fsp3) is 0.353. The molecule has 1 fully saturated rings. The lowest BCUT2D eigenvalue weighted by atomic mass is 10.1. The van der Waals surface area contributed by atoms with Crippen LogP contribution in [0.5, 0.6) is 0 Å². The number of carbonyl (C=O) groups is 3. The summed E-state index contributed by atoms with van der Waals surface area (Å²) in [6, 6.07) is 3.47. The number of furan rings is 1. The van der Waals surface area contributed by atoms with E-state index in [2.05, 4.69) is 5.32 Å². The van der Waals surface area contributed by atoms with Gasteiger partial charge in [-0.15, -0.1) is 11.3 Å². The normalized spacial score (nSPS) is 13.9. The van der Waals surface area contributed by atoms with Crippen LogP contribution in [0.1, 0.15) is 23.7 Å². The Morgan fingerprint density at radius 3 is 2.92 bits per heavy atom. The molecule has 2 aromatic rings. The first-order valence-electron chi connectivity index (χ1n) is 8.14. The molecule has 9 heteroatoms. The monoisotopic (exact) mass is 394 g/mol. The molecular weight excluding hydrogens is 376 g/mol. The standard InChI is InChI=1S/C17H18N2O5S2/c1-2-23-16(21)14-11(12-4-3-8-24-12)10-26-15(14)18-13(20)5-6-19-7-9-25-17(19)22/h3-4,8,10H,2,5-7,9H2,1H3,(H,18,20). The van der Waals surface area contributed by atoms with Gasteiger partial charge in [0.1, 0.15) is 16.3 Å². The van der Waals surface area contributed by atoms with Crippen LogP contribution in [0.15, 0.2) is 28.2 Å². The van der Waals surface area contributed by atoms with E-state index in [0.29, 0.717) is 29.4 Å². The fourth-order valence-electron chi connectivity index (χ4n) is 2.52. The Labute approximate surface area is 158 Å². The van der Waals surface area contributed by atoms with Crippen molar-refractivity contribution in [1.29, 1.82) is 0 Å². The third-order valence-electron chi connectivity index (χ3n) is 3.76. The van der Waals surface area contributed by atoms with Gasteiger partial charge in [-0.05, 0) is 19.1 Å². The first kappa shape index (κ1) is 18.5. The van der Waals surface area contributed by atoms with Crippen molar-refractivity contribution in [3.8, 4) is 11.3 Å². The number of carbonyl (C=O) groups excluding carboxylic acids is 3. The minimum Gasteiger partial charge on any atom is -0.464 e. The van der Waals surface area contributed by atoms with Crippen molar-refractivity contribution in [2.75, 3.05) is 30.8 Å². The van der Waals surface area contributed by atoms with E-state index in [1.807, 2.05) is 0 Å². The van der Waals surface area contributed by atoms with Crippen LogP contribution in [0.3, 0.4) is 0 Å². The maximum atomic E-state index is 12.4. The number of hydrogen-bond donors (Lipinski definition) is 1. The van der Waals surface area contributed by atoms with E-state index in [9.17, 15) is 14.4 Å². The molecule has 26 heavy (non-hydrogen) atoms. The van der Waals surface area contributed by atoms with Gasteiger partial charge >= 0.3 is 5.97 Å². The van der Waals surface area contributed by atoms with Crippen LogP contribution < -0.4 is 5.32 Å². The summed E-state index contributed by atoms with van der Waals surface area (Å²) >= 11 is 2.50. The molecule has 1 saturated heterocycles. The highest BCUT2D eigenvalue weighted by atomic mass is 32.2. The highest BCUT2D eigenvalue weighted by molar-refractivity contribution is 8.13. The van der Waals surface area contributed by atoms with E-state index in [1.54, 1.807) is 29.3 Å². The van der Waals surface area contributed by atoms with E-state index in [0.717, 1.165) is 5.75 Å². The molecule has 0 radical (unpaired) electrons. The second kappa shape index (κ2) is 8.41. The number of rotatable bonds is 7. The molecule has 0 atom stereocenters. The van der Waals surface area contributed by atoms with Crippen molar-refractivity contribution in [2.45, 2.75) is 13.3 Å². The molecular formula is C17H18N2O5S2. The van der Waals surface area contributed by atoms with Gasteiger partial charge in [0.2, 0.25) is 5.91 Å². The summed E-state index contributed by atoms with van der Waals surface area (Å²) in [5.74, 6) is 0.518. The number of anilines is 1. The molecule has 7 nitrogen and oxygen atoms in total. The Balaban J connectivity index is 1.73. The first-order valence-corrected chi connectivity index (χ1v) is 10.0. The molecule has 2 aromatic heterocycles. The van der Waals surface area contributed by atoms with E-state index < -0.39 is 5.97 Å². The van der Waals surface area contributed by atoms with E-state index in [1.165, 1.54) is 29.4 Å². The molecule has 0 aromatic carbocycles. The summed E-state index contributed by atoms with van der Waals surface area (Å²) in [6.45, 7) is 2.98. The van der Waals surface area contributed by atoms with E-state index in [-0.39, 0.29) is 29.7 Å². The zero-order valence-electron chi connectivity index (χ0n) is 14.1. The Hall–Kier alpha value is -2.26. The largest absolute Gasteiger partial charge is 0.464 e. The lowest BCUT2D eigenvalue weighted by molar-refractivity contribution is -0.116. The molecule has 3 rings (SSSR count). The topological polar surface area (TPSA) is 88.8 Å². The summed E-state index contributed by atoms with van der Waals surface area (Å²) in [4.78, 5) is 37.9. The lowest BCUT2D eigenvalue weighted by Crippen LogP contribution is -2.27. The minimum atomic E-state index is -0.512. The lowest BCUT2D eigenvalue weighted by Gasteiger charge is -2.14. The van der Waals surface area contributed by atoms with Crippen molar-refractivity contribution >= 4 is 45.2 Å². The maximum Gasteiger partial charge on any atom is 0.341 e. The summed E-state index contributed by atoms with van der Waals surface area (Å²) in [5, 5.41) is 4.93. The first-order chi connectivity index (χ1) is 12.6. The van der Waals surface area contributed by atoms with Crippen molar-refractivity contribution < 1.29 is 23.5 Å². The van der Waals surface area contributed by atoms with Crippen LogP contribution in [0.2, 0.25) is 0 Å². The van der Waals surface area contributed by atoms with Gasteiger partial charge in [-0.25, -0.2) is 4.79 Å². The van der Waals surface area contributed by atoms with Gasteiger partial charge in [0.05, 0.1) is 12.9 Å². The Bertz CT molecular complexity index is 800. The maximum absolute atomic E-state index is 12.4. The van der Waals surface area contributed by atoms with Gasteiger partial charge in [-0.1, -0.05) is 11.8 Å². The Kier molecular flexibility index (Phi) is 6.00. The molecule has 1 aliphatic rings. The minimum absolute atomic E-state index is 0.00115. The van der Waals surface area contributed by atoms with Gasteiger partial charge < -0.3 is 19.4 Å². The van der Waals surface area contributed by atoms with E-state index >= 15 is 0 Å². The van der Waals surface area contributed by atoms with Gasteiger partial charge in [-0.3, -0.25) is 9.59 Å². The van der Waals surface area contributed by atoms with Crippen LogP contribution in [0, 0.1) is 0 Å².